The van der Waals surface area contributed by atoms with Crippen molar-refractivity contribution in [1.29, 1.82) is 0 Å². The minimum atomic E-state index is -0.513. The summed E-state index contributed by atoms with van der Waals surface area (Å²) in [6.07, 6.45) is 1.83. The molecule has 5 nitrogen and oxygen atoms in total. The number of H-pyrrole nitrogens is 1. The zero-order chi connectivity index (χ0) is 11.6. The van der Waals surface area contributed by atoms with Crippen molar-refractivity contribution in [3.8, 4) is 0 Å². The van der Waals surface area contributed by atoms with Gasteiger partial charge in [-0.1, -0.05) is 6.92 Å². The Morgan fingerprint density at radius 2 is 2.13 bits per heavy atom. The summed E-state index contributed by atoms with van der Waals surface area (Å²) in [6.45, 7) is 4.94. The predicted molar refractivity (Wildman–Crippen MR) is 56.3 cm³/mol. The fraction of sp³-hybridized carbons (Fsp3) is 0.500. The van der Waals surface area contributed by atoms with E-state index < -0.39 is 11.2 Å². The third kappa shape index (κ3) is 2.06. The van der Waals surface area contributed by atoms with Gasteiger partial charge in [-0.05, 0) is 20.3 Å². The summed E-state index contributed by atoms with van der Waals surface area (Å²) < 4.78 is 1.08. The number of Topliss-reactive ketones (excluding diaryl/α,β-unsaturated/α-hetero) is 1. The maximum absolute atomic E-state index is 11.8. The van der Waals surface area contributed by atoms with E-state index in [9.17, 15) is 14.4 Å². The molecule has 0 aliphatic heterocycles. The Balaban J connectivity index is 3.51. The van der Waals surface area contributed by atoms with Crippen molar-refractivity contribution in [3.63, 3.8) is 0 Å². The van der Waals surface area contributed by atoms with Crippen LogP contribution in [0.3, 0.4) is 0 Å². The minimum absolute atomic E-state index is 0.0231. The van der Waals surface area contributed by atoms with Gasteiger partial charge in [-0.2, -0.15) is 0 Å². The summed E-state index contributed by atoms with van der Waals surface area (Å²) in [6, 6.07) is -0.208. The lowest BCUT2D eigenvalue weighted by Crippen LogP contribution is -2.39. The first-order valence-corrected chi connectivity index (χ1v) is 4.84. The molecule has 1 rings (SSSR count). The van der Waals surface area contributed by atoms with Crippen molar-refractivity contribution in [2.45, 2.75) is 33.2 Å². The summed E-state index contributed by atoms with van der Waals surface area (Å²) in [5.41, 5.74) is -0.963. The number of rotatable bonds is 3. The molecule has 1 unspecified atom stereocenters. The molecule has 0 amide bonds. The predicted octanol–water partition coefficient (Wildman–Crippen LogP) is 0.710. The Kier molecular flexibility index (Phi) is 3.24. The number of aromatic amines is 1. The van der Waals surface area contributed by atoms with E-state index >= 15 is 0 Å². The van der Waals surface area contributed by atoms with Crippen LogP contribution in [0.1, 0.15) is 43.6 Å². The highest BCUT2D eigenvalue weighted by Gasteiger charge is 2.14. The fourth-order valence-electron chi connectivity index (χ4n) is 1.32. The Bertz CT molecular complexity index is 484. The van der Waals surface area contributed by atoms with Crippen LogP contribution in [-0.4, -0.2) is 15.3 Å². The molecule has 1 aromatic heterocycles. The summed E-state index contributed by atoms with van der Waals surface area (Å²) in [5.74, 6) is -0.340. The van der Waals surface area contributed by atoms with Gasteiger partial charge in [-0.15, -0.1) is 0 Å². The third-order valence-corrected chi connectivity index (χ3v) is 2.42. The van der Waals surface area contributed by atoms with E-state index in [4.69, 9.17) is 0 Å². The lowest BCUT2D eigenvalue weighted by Gasteiger charge is -2.11. The summed E-state index contributed by atoms with van der Waals surface area (Å²) >= 11 is 0. The molecule has 1 atom stereocenters. The molecule has 0 aliphatic rings. The van der Waals surface area contributed by atoms with Gasteiger partial charge < -0.3 is 4.98 Å². The molecule has 0 aliphatic carbocycles. The first-order valence-electron chi connectivity index (χ1n) is 4.84. The maximum atomic E-state index is 11.8. The van der Waals surface area contributed by atoms with E-state index in [1.165, 1.54) is 13.1 Å². The molecule has 1 aromatic rings. The number of nitrogens with zero attached hydrogens (tertiary/aromatic N) is 1. The van der Waals surface area contributed by atoms with Gasteiger partial charge in [-0.25, -0.2) is 4.79 Å². The minimum Gasteiger partial charge on any atom is -0.313 e. The number of nitrogens with one attached hydrogen (secondary N) is 1. The van der Waals surface area contributed by atoms with Crippen molar-refractivity contribution in [1.82, 2.24) is 9.55 Å². The van der Waals surface area contributed by atoms with Gasteiger partial charge in [0.1, 0.15) is 0 Å². The SMILES string of the molecule is CCC(C)n1c(=O)[nH]cc(C(C)=O)c1=O. The van der Waals surface area contributed by atoms with E-state index in [0.717, 1.165) is 4.57 Å². The van der Waals surface area contributed by atoms with Gasteiger partial charge in [0.2, 0.25) is 0 Å². The normalized spacial score (nSPS) is 12.5. The first-order chi connectivity index (χ1) is 6.99. The summed E-state index contributed by atoms with van der Waals surface area (Å²) in [5, 5.41) is 0. The number of hydrogen-bond acceptors (Lipinski definition) is 3. The molecule has 15 heavy (non-hydrogen) atoms. The molecule has 0 radical (unpaired) electrons. The Morgan fingerprint density at radius 1 is 1.53 bits per heavy atom. The van der Waals surface area contributed by atoms with E-state index in [1.807, 2.05) is 6.92 Å². The first kappa shape index (κ1) is 11.4. The van der Waals surface area contributed by atoms with Crippen LogP contribution < -0.4 is 11.2 Å². The largest absolute Gasteiger partial charge is 0.328 e. The lowest BCUT2D eigenvalue weighted by molar-refractivity contribution is 0.101. The molecule has 0 spiro atoms. The van der Waals surface area contributed by atoms with Gasteiger partial charge in [0, 0.05) is 12.2 Å². The summed E-state index contributed by atoms with van der Waals surface area (Å²) in [7, 11) is 0. The van der Waals surface area contributed by atoms with Crippen LogP contribution in [0.15, 0.2) is 15.8 Å². The van der Waals surface area contributed by atoms with Crippen molar-refractivity contribution in [2.75, 3.05) is 0 Å². The zero-order valence-electron chi connectivity index (χ0n) is 9.03. The average molecular weight is 210 g/mol. The molecule has 1 heterocycles. The van der Waals surface area contributed by atoms with Crippen molar-refractivity contribution in [3.05, 3.63) is 32.6 Å². The molecule has 0 bridgehead atoms. The second-order valence-electron chi connectivity index (χ2n) is 3.50. The Morgan fingerprint density at radius 3 is 2.60 bits per heavy atom. The molecular weight excluding hydrogens is 196 g/mol. The number of hydrogen-bond donors (Lipinski definition) is 1. The molecule has 1 N–H and O–H groups in total. The van der Waals surface area contributed by atoms with E-state index in [2.05, 4.69) is 4.98 Å². The van der Waals surface area contributed by atoms with Crippen LogP contribution in [0.2, 0.25) is 0 Å². The highest BCUT2D eigenvalue weighted by molar-refractivity contribution is 5.93. The lowest BCUT2D eigenvalue weighted by atomic mass is 10.2. The topological polar surface area (TPSA) is 71.9 Å². The van der Waals surface area contributed by atoms with Crippen LogP contribution >= 0.6 is 0 Å². The van der Waals surface area contributed by atoms with Gasteiger partial charge in [0.25, 0.3) is 5.56 Å². The number of carbonyl (C=O) groups is 1. The van der Waals surface area contributed by atoms with Gasteiger partial charge >= 0.3 is 5.69 Å². The molecule has 82 valence electrons. The monoisotopic (exact) mass is 210 g/mol. The Hall–Kier alpha value is -1.65. The highest BCUT2D eigenvalue weighted by atomic mass is 16.2. The van der Waals surface area contributed by atoms with Crippen LogP contribution in [0.5, 0.6) is 0 Å². The van der Waals surface area contributed by atoms with Crippen molar-refractivity contribution in [2.24, 2.45) is 0 Å². The van der Waals surface area contributed by atoms with E-state index in [1.54, 1.807) is 6.92 Å². The van der Waals surface area contributed by atoms with Gasteiger partial charge in [0.15, 0.2) is 5.78 Å². The van der Waals surface area contributed by atoms with Crippen LogP contribution in [-0.2, 0) is 0 Å². The zero-order valence-corrected chi connectivity index (χ0v) is 9.03. The maximum Gasteiger partial charge on any atom is 0.328 e. The fourth-order valence-corrected chi connectivity index (χ4v) is 1.32. The molecule has 5 heteroatoms. The van der Waals surface area contributed by atoms with Crippen LogP contribution in [0.25, 0.3) is 0 Å². The number of carbonyl (C=O) groups excluding carboxylic acids is 1. The molecule has 0 saturated carbocycles. The molecule has 0 saturated heterocycles. The van der Waals surface area contributed by atoms with Crippen molar-refractivity contribution < 1.29 is 4.79 Å². The van der Waals surface area contributed by atoms with E-state index in [-0.39, 0.29) is 17.4 Å². The summed E-state index contributed by atoms with van der Waals surface area (Å²) in [4.78, 5) is 36.7. The average Bonchev–Trinajstić information content (AvgIpc) is 2.16. The molecular formula is C10H14N2O3. The second-order valence-corrected chi connectivity index (χ2v) is 3.50. The third-order valence-electron chi connectivity index (χ3n) is 2.42. The quantitative estimate of drug-likeness (QED) is 0.747. The second kappa shape index (κ2) is 4.25. The van der Waals surface area contributed by atoms with Gasteiger partial charge in [0.05, 0.1) is 5.56 Å². The van der Waals surface area contributed by atoms with Crippen LogP contribution in [0.4, 0.5) is 0 Å². The number of aromatic nitrogens is 2. The van der Waals surface area contributed by atoms with Crippen molar-refractivity contribution >= 4 is 5.78 Å². The highest BCUT2D eigenvalue weighted by Crippen LogP contribution is 2.03. The smallest absolute Gasteiger partial charge is 0.313 e. The Labute approximate surface area is 86.8 Å². The molecule has 0 aromatic carbocycles. The standard InChI is InChI=1S/C10H14N2O3/c1-4-6(2)12-9(14)8(7(3)13)5-11-10(12)15/h5-6H,4H2,1-3H3,(H,11,15). The van der Waals surface area contributed by atoms with Gasteiger partial charge in [-0.3, -0.25) is 14.2 Å². The van der Waals surface area contributed by atoms with Crippen LogP contribution in [0, 0.1) is 0 Å². The van der Waals surface area contributed by atoms with E-state index in [0.29, 0.717) is 6.42 Å². The number of ketones is 1. The molecule has 0 fully saturated rings.